The normalized spacial score (nSPS) is 10.9. The highest BCUT2D eigenvalue weighted by Crippen LogP contribution is 2.29. The summed E-state index contributed by atoms with van der Waals surface area (Å²) in [5.74, 6) is -0.677. The number of pyridine rings is 1. The van der Waals surface area contributed by atoms with Crippen LogP contribution in [0.4, 0.5) is 0 Å². The molecule has 0 bridgehead atoms. The molecule has 0 amide bonds. The van der Waals surface area contributed by atoms with Gasteiger partial charge in [0.2, 0.25) is 0 Å². The number of rotatable bonds is 3. The van der Waals surface area contributed by atoms with E-state index in [0.717, 1.165) is 5.69 Å². The van der Waals surface area contributed by atoms with E-state index in [9.17, 15) is 9.90 Å². The number of aryl methyl sites for hydroxylation is 1. The van der Waals surface area contributed by atoms with Gasteiger partial charge in [-0.1, -0.05) is 19.0 Å². The average Bonchev–Trinajstić information content (AvgIpc) is 2.74. The maximum absolute atomic E-state index is 11.3. The predicted molar refractivity (Wildman–Crippen MR) is 65.5 cm³/mol. The van der Waals surface area contributed by atoms with E-state index in [1.165, 1.54) is 0 Å². The van der Waals surface area contributed by atoms with Gasteiger partial charge in [-0.05, 0) is 19.1 Å². The van der Waals surface area contributed by atoms with E-state index in [1.807, 2.05) is 26.8 Å². The first-order valence-electron chi connectivity index (χ1n) is 5.66. The highest BCUT2D eigenvalue weighted by Gasteiger charge is 2.25. The third-order valence-corrected chi connectivity index (χ3v) is 2.64. The fraction of sp³-hybridized carbons (Fsp3) is 0.308. The molecule has 0 atom stereocenters. The molecule has 0 spiro atoms. The van der Waals surface area contributed by atoms with Crippen LogP contribution < -0.4 is 0 Å². The van der Waals surface area contributed by atoms with E-state index in [-0.39, 0.29) is 11.5 Å². The lowest BCUT2D eigenvalue weighted by Gasteiger charge is -2.01. The van der Waals surface area contributed by atoms with Crippen LogP contribution in [0.5, 0.6) is 0 Å². The Labute approximate surface area is 104 Å². The van der Waals surface area contributed by atoms with Crippen LogP contribution in [0.2, 0.25) is 0 Å². The molecule has 5 heteroatoms. The zero-order chi connectivity index (χ0) is 13.3. The highest BCUT2D eigenvalue weighted by atomic mass is 16.5. The number of carboxylic acid groups (broad SMARTS) is 1. The molecule has 0 aliphatic rings. The summed E-state index contributed by atoms with van der Waals surface area (Å²) >= 11 is 0. The monoisotopic (exact) mass is 246 g/mol. The molecule has 1 N–H and O–H groups in total. The first kappa shape index (κ1) is 12.3. The smallest absolute Gasteiger partial charge is 0.341 e. The van der Waals surface area contributed by atoms with Crippen LogP contribution in [-0.4, -0.2) is 21.2 Å². The quantitative estimate of drug-likeness (QED) is 0.901. The number of aromatic nitrogens is 2. The Morgan fingerprint density at radius 3 is 2.61 bits per heavy atom. The van der Waals surface area contributed by atoms with Crippen molar-refractivity contribution in [2.24, 2.45) is 0 Å². The van der Waals surface area contributed by atoms with Gasteiger partial charge in [0.05, 0.1) is 0 Å². The van der Waals surface area contributed by atoms with E-state index in [0.29, 0.717) is 17.0 Å². The second-order valence-corrected chi connectivity index (χ2v) is 4.42. The van der Waals surface area contributed by atoms with Crippen molar-refractivity contribution in [2.75, 3.05) is 0 Å². The molecule has 5 nitrogen and oxygen atoms in total. The fourth-order valence-corrected chi connectivity index (χ4v) is 1.71. The molecule has 0 saturated heterocycles. The van der Waals surface area contributed by atoms with Crippen molar-refractivity contribution >= 4 is 5.97 Å². The van der Waals surface area contributed by atoms with Crippen molar-refractivity contribution in [1.82, 2.24) is 10.1 Å². The minimum atomic E-state index is -1.03. The molecule has 94 valence electrons. The number of aromatic carboxylic acids is 1. The summed E-state index contributed by atoms with van der Waals surface area (Å²) in [4.78, 5) is 15.5. The largest absolute Gasteiger partial charge is 0.477 e. The third kappa shape index (κ3) is 2.11. The molecule has 0 aliphatic carbocycles. The van der Waals surface area contributed by atoms with E-state index in [4.69, 9.17) is 4.52 Å². The zero-order valence-corrected chi connectivity index (χ0v) is 10.5. The second kappa shape index (κ2) is 4.60. The minimum absolute atomic E-state index is 0.0317. The summed E-state index contributed by atoms with van der Waals surface area (Å²) in [7, 11) is 0. The number of nitrogens with zero attached hydrogens (tertiary/aromatic N) is 2. The Hall–Kier alpha value is -2.17. The van der Waals surface area contributed by atoms with Gasteiger partial charge in [-0.15, -0.1) is 0 Å². The molecule has 2 rings (SSSR count). The van der Waals surface area contributed by atoms with Crippen LogP contribution in [0.25, 0.3) is 11.3 Å². The molecule has 2 heterocycles. The van der Waals surface area contributed by atoms with Crippen LogP contribution in [0.3, 0.4) is 0 Å². The summed E-state index contributed by atoms with van der Waals surface area (Å²) in [5.41, 5.74) is 1.96. The molecule has 2 aromatic rings. The Morgan fingerprint density at radius 2 is 2.11 bits per heavy atom. The summed E-state index contributed by atoms with van der Waals surface area (Å²) in [5, 5.41) is 13.1. The lowest BCUT2D eigenvalue weighted by atomic mass is 10.0. The number of hydrogen-bond acceptors (Lipinski definition) is 4. The standard InChI is InChI=1S/C13H14N2O3/c1-7(2)12-10(13(16)17)11(15-18-12)9-5-4-8(3)14-6-9/h4-7H,1-3H3,(H,16,17). The van der Waals surface area contributed by atoms with E-state index in [2.05, 4.69) is 10.1 Å². The molecule has 0 aromatic carbocycles. The SMILES string of the molecule is Cc1ccc(-c2noc(C(C)C)c2C(=O)O)cn1. The number of carboxylic acids is 1. The second-order valence-electron chi connectivity index (χ2n) is 4.42. The topological polar surface area (TPSA) is 76.2 Å². The fourth-order valence-electron chi connectivity index (χ4n) is 1.71. The van der Waals surface area contributed by atoms with Gasteiger partial charge in [0.25, 0.3) is 0 Å². The van der Waals surface area contributed by atoms with Crippen LogP contribution in [0.1, 0.15) is 41.6 Å². The van der Waals surface area contributed by atoms with Gasteiger partial charge in [0.1, 0.15) is 11.3 Å². The predicted octanol–water partition coefficient (Wildman–Crippen LogP) is 2.87. The third-order valence-electron chi connectivity index (χ3n) is 2.64. The summed E-state index contributed by atoms with van der Waals surface area (Å²) in [6, 6.07) is 3.60. The molecule has 0 saturated carbocycles. The molecular weight excluding hydrogens is 232 g/mol. The maximum Gasteiger partial charge on any atom is 0.341 e. The van der Waals surface area contributed by atoms with Gasteiger partial charge >= 0.3 is 5.97 Å². The van der Waals surface area contributed by atoms with Gasteiger partial charge in [0.15, 0.2) is 5.76 Å². The Morgan fingerprint density at radius 1 is 1.39 bits per heavy atom. The van der Waals surface area contributed by atoms with Crippen molar-refractivity contribution in [2.45, 2.75) is 26.7 Å². The lowest BCUT2D eigenvalue weighted by molar-refractivity contribution is 0.0694. The van der Waals surface area contributed by atoms with Gasteiger partial charge in [-0.2, -0.15) is 0 Å². The molecule has 0 radical (unpaired) electrons. The van der Waals surface area contributed by atoms with Crippen molar-refractivity contribution in [3.8, 4) is 11.3 Å². The first-order valence-corrected chi connectivity index (χ1v) is 5.66. The van der Waals surface area contributed by atoms with Crippen LogP contribution >= 0.6 is 0 Å². The lowest BCUT2D eigenvalue weighted by Crippen LogP contribution is -2.02. The van der Waals surface area contributed by atoms with Gasteiger partial charge in [-0.3, -0.25) is 4.98 Å². The van der Waals surface area contributed by atoms with E-state index >= 15 is 0 Å². The van der Waals surface area contributed by atoms with Crippen LogP contribution in [0.15, 0.2) is 22.9 Å². The van der Waals surface area contributed by atoms with E-state index in [1.54, 1.807) is 12.3 Å². The molecular formula is C13H14N2O3. The van der Waals surface area contributed by atoms with Gasteiger partial charge in [0, 0.05) is 23.4 Å². The molecule has 0 fully saturated rings. The Kier molecular flexibility index (Phi) is 3.14. The maximum atomic E-state index is 11.3. The molecule has 0 aliphatic heterocycles. The minimum Gasteiger partial charge on any atom is -0.477 e. The van der Waals surface area contributed by atoms with Gasteiger partial charge < -0.3 is 9.63 Å². The van der Waals surface area contributed by atoms with Crippen LogP contribution in [0, 0.1) is 6.92 Å². The van der Waals surface area contributed by atoms with Crippen LogP contribution in [-0.2, 0) is 0 Å². The highest BCUT2D eigenvalue weighted by molar-refractivity contribution is 5.95. The summed E-state index contributed by atoms with van der Waals surface area (Å²) in [6.07, 6.45) is 1.60. The van der Waals surface area contributed by atoms with Crippen molar-refractivity contribution in [3.63, 3.8) is 0 Å². The Balaban J connectivity index is 2.58. The summed E-state index contributed by atoms with van der Waals surface area (Å²) < 4.78 is 5.14. The van der Waals surface area contributed by atoms with Crippen molar-refractivity contribution in [3.05, 3.63) is 35.3 Å². The zero-order valence-electron chi connectivity index (χ0n) is 10.5. The molecule has 2 aromatic heterocycles. The van der Waals surface area contributed by atoms with Crippen molar-refractivity contribution < 1.29 is 14.4 Å². The molecule has 18 heavy (non-hydrogen) atoms. The average molecular weight is 246 g/mol. The number of carbonyl (C=O) groups is 1. The Bertz CT molecular complexity index is 570. The number of hydrogen-bond donors (Lipinski definition) is 1. The first-order chi connectivity index (χ1) is 8.50. The summed E-state index contributed by atoms with van der Waals surface area (Å²) in [6.45, 7) is 5.60. The van der Waals surface area contributed by atoms with Gasteiger partial charge in [-0.25, -0.2) is 4.79 Å². The van der Waals surface area contributed by atoms with Crippen molar-refractivity contribution in [1.29, 1.82) is 0 Å². The van der Waals surface area contributed by atoms with E-state index < -0.39 is 5.97 Å². The molecule has 0 unspecified atom stereocenters.